The Balaban J connectivity index is 1.28. The van der Waals surface area contributed by atoms with Gasteiger partial charge in [-0.1, -0.05) is 30.3 Å². The fraction of sp³-hybridized carbons (Fsp3) is 0.440. The van der Waals surface area contributed by atoms with Gasteiger partial charge in [0.25, 0.3) is 0 Å². The monoisotopic (exact) mass is 463 g/mol. The van der Waals surface area contributed by atoms with Gasteiger partial charge in [-0.15, -0.1) is 0 Å². The molecule has 34 heavy (non-hydrogen) atoms. The molecule has 9 nitrogen and oxygen atoms in total. The second-order valence-corrected chi connectivity index (χ2v) is 9.36. The number of ether oxygens (including phenoxy) is 2. The van der Waals surface area contributed by atoms with Gasteiger partial charge in [-0.05, 0) is 26.3 Å². The lowest BCUT2D eigenvalue weighted by Gasteiger charge is -2.24. The van der Waals surface area contributed by atoms with Crippen LogP contribution in [0.5, 0.6) is 0 Å². The fourth-order valence-electron chi connectivity index (χ4n) is 4.84. The van der Waals surface area contributed by atoms with Crippen LogP contribution < -0.4 is 5.32 Å². The van der Waals surface area contributed by atoms with Crippen molar-refractivity contribution in [3.63, 3.8) is 0 Å². The maximum absolute atomic E-state index is 12.5. The van der Waals surface area contributed by atoms with Crippen LogP contribution in [0.3, 0.4) is 0 Å². The van der Waals surface area contributed by atoms with E-state index in [9.17, 15) is 9.90 Å². The van der Waals surface area contributed by atoms with Crippen molar-refractivity contribution in [3.05, 3.63) is 71.9 Å². The summed E-state index contributed by atoms with van der Waals surface area (Å²) in [5.74, 6) is 0.0475. The van der Waals surface area contributed by atoms with E-state index in [1.165, 1.54) is 6.33 Å². The zero-order valence-corrected chi connectivity index (χ0v) is 19.3. The zero-order valence-electron chi connectivity index (χ0n) is 19.3. The second-order valence-electron chi connectivity index (χ2n) is 9.36. The molecule has 4 unspecified atom stereocenters. The average Bonchev–Trinajstić information content (AvgIpc) is 3.49. The molecule has 2 fully saturated rings. The van der Waals surface area contributed by atoms with Crippen molar-refractivity contribution in [2.24, 2.45) is 5.92 Å². The Bertz CT molecular complexity index is 1150. The van der Waals surface area contributed by atoms with E-state index in [1.54, 1.807) is 23.0 Å². The highest BCUT2D eigenvalue weighted by Gasteiger charge is 2.53. The van der Waals surface area contributed by atoms with Gasteiger partial charge >= 0.3 is 0 Å². The molecular formula is C25H29N5O4. The number of anilines is 1. The van der Waals surface area contributed by atoms with Crippen LogP contribution in [-0.4, -0.2) is 61.3 Å². The summed E-state index contributed by atoms with van der Waals surface area (Å²) in [6, 6.07) is 11.1. The van der Waals surface area contributed by atoms with Crippen molar-refractivity contribution in [3.8, 4) is 0 Å². The Morgan fingerprint density at radius 2 is 2.00 bits per heavy atom. The molecule has 178 valence electrons. The topological polar surface area (TPSA) is 111 Å². The number of aliphatic hydroxyl groups is 1. The van der Waals surface area contributed by atoms with Gasteiger partial charge < -0.3 is 19.9 Å². The van der Waals surface area contributed by atoms with Crippen LogP contribution in [0, 0.1) is 5.92 Å². The molecule has 0 radical (unpaired) electrons. The van der Waals surface area contributed by atoms with E-state index < -0.39 is 5.79 Å². The summed E-state index contributed by atoms with van der Waals surface area (Å²) in [5.41, 5.74) is 2.38. The number of benzene rings is 1. The van der Waals surface area contributed by atoms with E-state index >= 15 is 0 Å². The second kappa shape index (κ2) is 9.25. The molecule has 1 aliphatic carbocycles. The number of ketones is 1. The lowest BCUT2D eigenvalue weighted by molar-refractivity contribution is -0.158. The van der Waals surface area contributed by atoms with Crippen LogP contribution in [0.25, 0.3) is 0 Å². The highest BCUT2D eigenvalue weighted by molar-refractivity contribution is 5.95. The van der Waals surface area contributed by atoms with Crippen LogP contribution in [-0.2, 0) is 22.4 Å². The Hall–Kier alpha value is -3.14. The van der Waals surface area contributed by atoms with Crippen LogP contribution in [0.15, 0.2) is 55.1 Å². The summed E-state index contributed by atoms with van der Waals surface area (Å²) < 4.78 is 13.8. The number of rotatable bonds is 8. The summed E-state index contributed by atoms with van der Waals surface area (Å²) in [6.07, 6.45) is 6.01. The average molecular weight is 464 g/mol. The maximum Gasteiger partial charge on any atom is 0.184 e. The summed E-state index contributed by atoms with van der Waals surface area (Å²) in [4.78, 5) is 21.1. The summed E-state index contributed by atoms with van der Waals surface area (Å²) >= 11 is 0. The van der Waals surface area contributed by atoms with Gasteiger partial charge in [0.05, 0.1) is 17.8 Å². The predicted octanol–water partition coefficient (Wildman–Crippen LogP) is 2.46. The SMILES string of the molecule is CC1(C)OC2C(CO)CC(Nc3ncncc3Cc3ccn(CC(=O)c4ccccc4)n3)C2O1. The first-order valence-electron chi connectivity index (χ1n) is 11.5. The molecule has 1 saturated heterocycles. The van der Waals surface area contributed by atoms with E-state index in [1.807, 2.05) is 44.3 Å². The molecular weight excluding hydrogens is 434 g/mol. The highest BCUT2D eigenvalue weighted by Crippen LogP contribution is 2.42. The van der Waals surface area contributed by atoms with Crippen LogP contribution in [0.2, 0.25) is 0 Å². The smallest absolute Gasteiger partial charge is 0.184 e. The van der Waals surface area contributed by atoms with Crippen molar-refractivity contribution < 1.29 is 19.4 Å². The van der Waals surface area contributed by atoms with Gasteiger partial charge in [-0.3, -0.25) is 9.48 Å². The minimum Gasteiger partial charge on any atom is -0.396 e. The number of carbonyl (C=O) groups is 1. The first-order valence-corrected chi connectivity index (χ1v) is 11.5. The number of aromatic nitrogens is 4. The van der Waals surface area contributed by atoms with Gasteiger partial charge in [0, 0.05) is 42.5 Å². The van der Waals surface area contributed by atoms with E-state index in [-0.39, 0.29) is 43.1 Å². The number of aliphatic hydroxyl groups excluding tert-OH is 1. The number of nitrogens with zero attached hydrogens (tertiary/aromatic N) is 4. The summed E-state index contributed by atoms with van der Waals surface area (Å²) in [5, 5.41) is 17.9. The van der Waals surface area contributed by atoms with Crippen LogP contribution in [0.4, 0.5) is 5.82 Å². The molecule has 2 aromatic heterocycles. The van der Waals surface area contributed by atoms with Crippen molar-refractivity contribution in [1.29, 1.82) is 0 Å². The zero-order chi connectivity index (χ0) is 23.7. The largest absolute Gasteiger partial charge is 0.396 e. The molecule has 3 heterocycles. The summed E-state index contributed by atoms with van der Waals surface area (Å²) in [7, 11) is 0. The third kappa shape index (κ3) is 4.72. The number of fused-ring (bicyclic) bond motifs is 1. The van der Waals surface area contributed by atoms with Crippen LogP contribution >= 0.6 is 0 Å². The van der Waals surface area contributed by atoms with Crippen molar-refractivity contribution in [2.45, 2.75) is 57.3 Å². The molecule has 2 aliphatic rings. The molecule has 2 N–H and O–H groups in total. The van der Waals surface area contributed by atoms with Gasteiger partial charge in [-0.25, -0.2) is 9.97 Å². The van der Waals surface area contributed by atoms with Gasteiger partial charge in [0.1, 0.15) is 24.8 Å². The van der Waals surface area contributed by atoms with E-state index in [2.05, 4.69) is 20.4 Å². The Kier molecular flexibility index (Phi) is 6.16. The highest BCUT2D eigenvalue weighted by atomic mass is 16.8. The summed E-state index contributed by atoms with van der Waals surface area (Å²) in [6.45, 7) is 4.02. The standard InChI is InChI=1S/C25H29N5O4/c1-25(2)33-22-18(14-31)11-20(23(22)34-25)28-24-17(12-26-15-27-24)10-19-8-9-30(29-19)13-21(32)16-6-4-3-5-7-16/h3-9,12,15,18,20,22-23,31H,10-11,13-14H2,1-2H3,(H,26,27,28). The first-order chi connectivity index (χ1) is 16.4. The van der Waals surface area contributed by atoms with Crippen molar-refractivity contribution in [2.75, 3.05) is 11.9 Å². The Morgan fingerprint density at radius 3 is 2.79 bits per heavy atom. The van der Waals surface area contributed by atoms with Crippen molar-refractivity contribution in [1.82, 2.24) is 19.7 Å². The number of hydrogen-bond donors (Lipinski definition) is 2. The van der Waals surface area contributed by atoms with E-state index in [0.29, 0.717) is 17.8 Å². The Labute approximate surface area is 198 Å². The fourth-order valence-corrected chi connectivity index (χ4v) is 4.84. The molecule has 9 heteroatoms. The molecule has 0 spiro atoms. The maximum atomic E-state index is 12.5. The lowest BCUT2D eigenvalue weighted by Crippen LogP contribution is -2.35. The van der Waals surface area contributed by atoms with Crippen LogP contribution in [0.1, 0.15) is 41.9 Å². The number of nitrogens with one attached hydrogen (secondary N) is 1. The molecule has 0 amide bonds. The quantitative estimate of drug-likeness (QED) is 0.490. The molecule has 1 aromatic carbocycles. The minimum absolute atomic E-state index is 0.00686. The van der Waals surface area contributed by atoms with Gasteiger partial charge in [0.2, 0.25) is 0 Å². The predicted molar refractivity (Wildman–Crippen MR) is 124 cm³/mol. The lowest BCUT2D eigenvalue weighted by atomic mass is 10.1. The van der Waals surface area contributed by atoms with Gasteiger partial charge in [-0.2, -0.15) is 5.10 Å². The number of Topliss-reactive ketones (excluding diaryl/α,β-unsaturated/α-hetero) is 1. The third-order valence-corrected chi connectivity index (χ3v) is 6.39. The normalized spacial score (nSPS) is 25.3. The van der Waals surface area contributed by atoms with Gasteiger partial charge in [0.15, 0.2) is 11.6 Å². The van der Waals surface area contributed by atoms with Crippen molar-refractivity contribution >= 4 is 11.6 Å². The Morgan fingerprint density at radius 1 is 1.21 bits per heavy atom. The van der Waals surface area contributed by atoms with E-state index in [0.717, 1.165) is 17.7 Å². The molecule has 1 aliphatic heterocycles. The molecule has 3 aromatic rings. The minimum atomic E-state index is -0.679. The molecule has 1 saturated carbocycles. The number of carbonyl (C=O) groups excluding carboxylic acids is 1. The molecule has 4 atom stereocenters. The first kappa shape index (κ1) is 22.6. The molecule has 5 rings (SSSR count). The molecule has 0 bridgehead atoms. The van der Waals surface area contributed by atoms with E-state index in [4.69, 9.17) is 9.47 Å². The third-order valence-electron chi connectivity index (χ3n) is 6.39. The number of hydrogen-bond acceptors (Lipinski definition) is 8.